The predicted molar refractivity (Wildman–Crippen MR) is 150 cm³/mol. The molecule has 2 amide bonds. The number of aliphatic hydroxyl groups is 7. The minimum absolute atomic E-state index is 0.0115. The van der Waals surface area contributed by atoms with E-state index in [1.54, 1.807) is 12.2 Å². The van der Waals surface area contributed by atoms with Crippen LogP contribution < -0.4 is 20.9 Å². The molecule has 1 aromatic heterocycles. The molecule has 1 fully saturated rings. The molecule has 6 unspecified atom stereocenters. The van der Waals surface area contributed by atoms with Gasteiger partial charge in [0.1, 0.15) is 36.2 Å². The zero-order valence-corrected chi connectivity index (χ0v) is 22.6. The van der Waals surface area contributed by atoms with Crippen molar-refractivity contribution in [1.29, 1.82) is 0 Å². The maximum absolute atomic E-state index is 14.1. The van der Waals surface area contributed by atoms with Gasteiger partial charge in [0, 0.05) is 16.0 Å². The van der Waals surface area contributed by atoms with Crippen LogP contribution in [0.15, 0.2) is 36.1 Å². The lowest BCUT2D eigenvalue weighted by molar-refractivity contribution is -0.229. The van der Waals surface area contributed by atoms with E-state index in [4.69, 9.17) is 4.74 Å². The average Bonchev–Trinajstić information content (AvgIpc) is 3.64. The topological polar surface area (TPSA) is 219 Å². The summed E-state index contributed by atoms with van der Waals surface area (Å²) in [6, 6.07) is -2.04. The fourth-order valence-electron chi connectivity index (χ4n) is 6.75. The molecule has 4 heterocycles. The van der Waals surface area contributed by atoms with E-state index in [0.717, 1.165) is 10.6 Å². The van der Waals surface area contributed by atoms with Gasteiger partial charge in [-0.25, -0.2) is 10.4 Å². The number of hydrazine groups is 1. The van der Waals surface area contributed by atoms with Gasteiger partial charge in [0.05, 0.1) is 48.2 Å². The van der Waals surface area contributed by atoms with Gasteiger partial charge >= 0.3 is 0 Å². The summed E-state index contributed by atoms with van der Waals surface area (Å²) < 4.78 is 5.97. The molecular formula is C29H30N4O10. The molecule has 0 radical (unpaired) electrons. The molecule has 3 aliphatic heterocycles. The number of hydrogen-bond acceptors (Lipinski definition) is 12. The maximum Gasteiger partial charge on any atom is 0.276 e. The van der Waals surface area contributed by atoms with Gasteiger partial charge in [0.15, 0.2) is 6.23 Å². The largest absolute Gasteiger partial charge is 0.510 e. The number of benzene rings is 1. The normalized spacial score (nSPS) is 29.3. The first-order valence-corrected chi connectivity index (χ1v) is 13.9. The van der Waals surface area contributed by atoms with E-state index < -0.39 is 74.4 Å². The predicted octanol–water partition coefficient (Wildman–Crippen LogP) is -3.33. The molecule has 9 N–H and O–H groups in total. The summed E-state index contributed by atoms with van der Waals surface area (Å²) in [5, 5.41) is 74.9. The first kappa shape index (κ1) is 27.9. The number of nitrogens with zero attached hydrogens (tertiary/aromatic N) is 2. The zero-order chi connectivity index (χ0) is 30.3. The number of aliphatic hydroxyl groups excluding tert-OH is 7. The highest BCUT2D eigenvalue weighted by atomic mass is 16.6. The number of H-pyrrole nitrogens is 1. The average molecular weight is 595 g/mol. The van der Waals surface area contributed by atoms with Crippen LogP contribution in [0.4, 0.5) is 5.69 Å². The number of carbonyl (C=O) groups is 2. The molecule has 2 aliphatic carbocycles. The highest BCUT2D eigenvalue weighted by Gasteiger charge is 2.53. The Balaban J connectivity index is 1.55. The summed E-state index contributed by atoms with van der Waals surface area (Å²) in [4.78, 5) is 32.9. The third-order valence-corrected chi connectivity index (χ3v) is 8.75. The number of amides is 2. The van der Waals surface area contributed by atoms with Gasteiger partial charge in [-0.05, 0) is 29.7 Å². The van der Waals surface area contributed by atoms with Gasteiger partial charge in [-0.3, -0.25) is 9.59 Å². The summed E-state index contributed by atoms with van der Waals surface area (Å²) in [7, 11) is 0. The molecule has 14 heteroatoms. The molecule has 0 saturated carbocycles. The van der Waals surface area contributed by atoms with Crippen molar-refractivity contribution < 1.29 is 50.1 Å². The highest BCUT2D eigenvalue weighted by Crippen LogP contribution is 2.44. The fourth-order valence-corrected chi connectivity index (χ4v) is 6.75. The van der Waals surface area contributed by atoms with E-state index in [0.29, 0.717) is 33.9 Å². The van der Waals surface area contributed by atoms with Crippen molar-refractivity contribution in [2.24, 2.45) is 0 Å². The standard InChI is InChI=1S/C29H30N4O10/c34-8-11(9-35)31-33-27(41)19-17-12-4-1-2-6-14(12)30-21(17)23-18(20(19)28(33)42)13-5-3-7-15(37)22(13)32(23)29-26(40)25(39)24(38)16(10-36)43-29/h1-3,5-7,11,16,22,24-26,29-31,34-40H,4,8-10H2. The van der Waals surface area contributed by atoms with Crippen LogP contribution in [0.3, 0.4) is 0 Å². The van der Waals surface area contributed by atoms with Gasteiger partial charge in [0.2, 0.25) is 0 Å². The number of anilines is 1. The van der Waals surface area contributed by atoms with Crippen molar-refractivity contribution in [2.75, 3.05) is 24.7 Å². The fraction of sp³-hybridized carbons (Fsp3) is 0.379. The number of ether oxygens (including phenoxy) is 1. The molecule has 43 heavy (non-hydrogen) atoms. The van der Waals surface area contributed by atoms with E-state index in [1.165, 1.54) is 11.0 Å². The zero-order valence-electron chi connectivity index (χ0n) is 22.6. The quantitative estimate of drug-likeness (QED) is 0.150. The van der Waals surface area contributed by atoms with Gasteiger partial charge in [-0.15, -0.1) is 0 Å². The van der Waals surface area contributed by atoms with E-state index >= 15 is 0 Å². The van der Waals surface area contributed by atoms with Gasteiger partial charge in [-0.1, -0.05) is 24.3 Å². The van der Waals surface area contributed by atoms with Crippen molar-refractivity contribution in [3.63, 3.8) is 0 Å². The number of aromatic amines is 1. The SMILES string of the molecule is O=C1c2c(c3c4c([nH]c3c3c2=C2C=CC=C(O)C2N3C2OC(CO)C(O)C(O)C2O)=CC=CC4)C(=O)N1NC(CO)CO. The number of imide groups is 1. The Kier molecular flexibility index (Phi) is 6.57. The Hall–Kier alpha value is -3.86. The number of rotatable bonds is 6. The molecular weight excluding hydrogens is 564 g/mol. The minimum atomic E-state index is -1.72. The Morgan fingerprint density at radius 3 is 2.47 bits per heavy atom. The van der Waals surface area contributed by atoms with Crippen LogP contribution >= 0.6 is 0 Å². The van der Waals surface area contributed by atoms with E-state index in [2.05, 4.69) is 10.4 Å². The molecule has 1 aromatic carbocycles. The Morgan fingerprint density at radius 2 is 1.74 bits per heavy atom. The third-order valence-electron chi connectivity index (χ3n) is 8.75. The van der Waals surface area contributed by atoms with Gasteiger partial charge in [-0.2, -0.15) is 0 Å². The molecule has 0 bridgehead atoms. The number of allylic oxidation sites excluding steroid dienone is 4. The number of fused-ring (bicyclic) bond motifs is 9. The van der Waals surface area contributed by atoms with Crippen LogP contribution in [0.25, 0.3) is 22.6 Å². The molecule has 0 spiro atoms. The van der Waals surface area contributed by atoms with Crippen LogP contribution in [0.2, 0.25) is 0 Å². The van der Waals surface area contributed by atoms with Crippen LogP contribution in [0.5, 0.6) is 0 Å². The number of hydrogen-bond donors (Lipinski definition) is 9. The molecule has 6 atom stereocenters. The molecule has 226 valence electrons. The molecule has 5 aliphatic rings. The second-order valence-electron chi connectivity index (χ2n) is 11.1. The van der Waals surface area contributed by atoms with Crippen molar-refractivity contribution >= 4 is 40.1 Å². The first-order valence-electron chi connectivity index (χ1n) is 13.9. The number of carbonyl (C=O) groups excluding carboxylic acids is 2. The van der Waals surface area contributed by atoms with E-state index in [9.17, 15) is 45.3 Å². The molecule has 7 rings (SSSR count). The summed E-state index contributed by atoms with van der Waals surface area (Å²) in [6.45, 7) is -1.78. The second kappa shape index (κ2) is 10.1. The van der Waals surface area contributed by atoms with Gasteiger partial charge < -0.3 is 50.4 Å². The van der Waals surface area contributed by atoms with Crippen molar-refractivity contribution in [3.05, 3.63) is 63.4 Å². The third kappa shape index (κ3) is 3.76. The monoisotopic (exact) mass is 594 g/mol. The highest BCUT2D eigenvalue weighted by molar-refractivity contribution is 6.29. The smallest absolute Gasteiger partial charge is 0.276 e. The summed E-state index contributed by atoms with van der Waals surface area (Å²) in [5.74, 6) is -1.62. The van der Waals surface area contributed by atoms with E-state index in [-0.39, 0.29) is 22.1 Å². The van der Waals surface area contributed by atoms with Crippen molar-refractivity contribution in [1.82, 2.24) is 15.4 Å². The Morgan fingerprint density at radius 1 is 1.00 bits per heavy atom. The lowest BCUT2D eigenvalue weighted by atomic mass is 9.93. The lowest BCUT2D eigenvalue weighted by Crippen LogP contribution is -2.64. The number of aromatic nitrogens is 1. The van der Waals surface area contributed by atoms with Crippen LogP contribution in [0.1, 0.15) is 26.3 Å². The summed E-state index contributed by atoms with van der Waals surface area (Å²) in [6.07, 6.45) is 2.90. The Bertz CT molecular complexity index is 1770. The molecule has 14 nitrogen and oxygen atoms in total. The lowest BCUT2D eigenvalue weighted by Gasteiger charge is -2.46. The first-order chi connectivity index (χ1) is 20.7. The summed E-state index contributed by atoms with van der Waals surface area (Å²) >= 11 is 0. The number of nitrogens with one attached hydrogen (secondary N) is 2. The maximum atomic E-state index is 14.1. The minimum Gasteiger partial charge on any atom is -0.510 e. The van der Waals surface area contributed by atoms with Crippen molar-refractivity contribution in [3.8, 4) is 0 Å². The molecule has 1 saturated heterocycles. The van der Waals surface area contributed by atoms with E-state index in [1.807, 2.05) is 18.2 Å². The van der Waals surface area contributed by atoms with Crippen molar-refractivity contribution in [2.45, 2.75) is 49.1 Å². The van der Waals surface area contributed by atoms with Gasteiger partial charge in [0.25, 0.3) is 11.8 Å². The van der Waals surface area contributed by atoms with Crippen LogP contribution in [0, 0.1) is 0 Å². The molecule has 2 aromatic rings. The second-order valence-corrected chi connectivity index (χ2v) is 11.1. The Labute approximate surface area is 243 Å². The van der Waals surface area contributed by atoms with Crippen LogP contribution in [-0.2, 0) is 11.2 Å². The summed E-state index contributed by atoms with van der Waals surface area (Å²) in [5.41, 5.74) is 4.56. The van der Waals surface area contributed by atoms with Crippen LogP contribution in [-0.4, -0.2) is 120 Å².